The number of nitrogens with one attached hydrogen (secondary N) is 1. The summed E-state index contributed by atoms with van der Waals surface area (Å²) in [5, 5.41) is 18.0. The van der Waals surface area contributed by atoms with E-state index in [1.165, 1.54) is 11.8 Å². The van der Waals surface area contributed by atoms with Crippen LogP contribution in [0.25, 0.3) is 16.1 Å². The smallest absolute Gasteiger partial charge is 0.407 e. The highest BCUT2D eigenvalue weighted by molar-refractivity contribution is 7.99. The maximum atomic E-state index is 12.6. The normalized spacial score (nSPS) is 19.9. The molecule has 3 aromatic rings. The average Bonchev–Trinajstić information content (AvgIpc) is 3.51. The third kappa shape index (κ3) is 6.63. The SMILES string of the molecule is Cc1nc(N2CCC3(CC2)CO[C@@H](C)[C@H]3NC(=O)OC(C)(C)C)c(CO)nc1Sc1ccn2cc(CN=[N+]=[N-])nc2c1Cl. The summed E-state index contributed by atoms with van der Waals surface area (Å²) in [4.78, 5) is 32.4. The fraction of sp³-hybridized carbons (Fsp3) is 0.571. The second-order valence-corrected chi connectivity index (χ2v) is 13.4. The summed E-state index contributed by atoms with van der Waals surface area (Å²) in [7, 11) is 0. The summed E-state index contributed by atoms with van der Waals surface area (Å²) in [6.07, 6.45) is 4.60. The van der Waals surface area contributed by atoms with E-state index in [-0.39, 0.29) is 30.7 Å². The molecule has 0 unspecified atom stereocenters. The lowest BCUT2D eigenvalue weighted by atomic mass is 9.73. The number of aliphatic hydroxyl groups is 1. The molecule has 43 heavy (non-hydrogen) atoms. The van der Waals surface area contributed by atoms with Gasteiger partial charge in [-0.2, -0.15) is 0 Å². The lowest BCUT2D eigenvalue weighted by Crippen LogP contribution is -2.55. The molecule has 0 saturated carbocycles. The van der Waals surface area contributed by atoms with Crippen LogP contribution in [0.4, 0.5) is 10.6 Å². The van der Waals surface area contributed by atoms with Crippen molar-refractivity contribution in [1.82, 2.24) is 24.7 Å². The van der Waals surface area contributed by atoms with Crippen LogP contribution < -0.4 is 10.2 Å². The molecule has 2 aliphatic rings. The highest BCUT2D eigenvalue weighted by atomic mass is 35.5. The van der Waals surface area contributed by atoms with Crippen molar-refractivity contribution in [2.24, 2.45) is 10.5 Å². The number of amides is 1. The number of rotatable bonds is 7. The summed E-state index contributed by atoms with van der Waals surface area (Å²) in [6.45, 7) is 11.2. The van der Waals surface area contributed by atoms with Crippen molar-refractivity contribution in [1.29, 1.82) is 0 Å². The number of azide groups is 1. The molecule has 15 heteroatoms. The number of halogens is 1. The number of fused-ring (bicyclic) bond motifs is 1. The first-order valence-electron chi connectivity index (χ1n) is 14.1. The highest BCUT2D eigenvalue weighted by Crippen LogP contribution is 2.44. The summed E-state index contributed by atoms with van der Waals surface area (Å²) >= 11 is 8.06. The predicted octanol–water partition coefficient (Wildman–Crippen LogP) is 5.44. The minimum atomic E-state index is -0.583. The topological polar surface area (TPSA) is 163 Å². The van der Waals surface area contributed by atoms with E-state index in [2.05, 4.69) is 25.2 Å². The van der Waals surface area contributed by atoms with Crippen LogP contribution in [0.2, 0.25) is 5.02 Å². The van der Waals surface area contributed by atoms with Crippen LogP contribution >= 0.6 is 23.4 Å². The first-order valence-corrected chi connectivity index (χ1v) is 15.3. The molecule has 2 atom stereocenters. The molecule has 2 fully saturated rings. The van der Waals surface area contributed by atoms with Gasteiger partial charge in [0.05, 0.1) is 48.3 Å². The van der Waals surface area contributed by atoms with Crippen LogP contribution in [0.15, 0.2) is 33.5 Å². The molecule has 13 nitrogen and oxygen atoms in total. The number of ether oxygens (including phenoxy) is 2. The number of piperidine rings is 1. The molecule has 0 aromatic carbocycles. The van der Waals surface area contributed by atoms with E-state index in [9.17, 15) is 9.90 Å². The van der Waals surface area contributed by atoms with Crippen LogP contribution in [0.1, 0.15) is 57.6 Å². The maximum absolute atomic E-state index is 12.6. The lowest BCUT2D eigenvalue weighted by molar-refractivity contribution is 0.0434. The minimum absolute atomic E-state index is 0.129. The van der Waals surface area contributed by atoms with Gasteiger partial charge in [0, 0.05) is 40.7 Å². The molecule has 0 radical (unpaired) electrons. The van der Waals surface area contributed by atoms with Crippen molar-refractivity contribution in [3.05, 3.63) is 51.0 Å². The monoisotopic (exact) mass is 629 g/mol. The molecule has 0 bridgehead atoms. The number of carbonyl (C=O) groups is 1. The van der Waals surface area contributed by atoms with Gasteiger partial charge in [0.15, 0.2) is 11.5 Å². The molecule has 230 valence electrons. The van der Waals surface area contributed by atoms with Gasteiger partial charge < -0.3 is 29.2 Å². The Labute approximate surface area is 259 Å². The van der Waals surface area contributed by atoms with Gasteiger partial charge in [-0.05, 0) is 59.1 Å². The minimum Gasteiger partial charge on any atom is -0.444 e. The van der Waals surface area contributed by atoms with Crippen LogP contribution in [0, 0.1) is 12.3 Å². The lowest BCUT2D eigenvalue weighted by Gasteiger charge is -2.43. The maximum Gasteiger partial charge on any atom is 0.407 e. The second-order valence-electron chi connectivity index (χ2n) is 12.0. The fourth-order valence-corrected chi connectivity index (χ4v) is 6.89. The van der Waals surface area contributed by atoms with E-state index in [1.54, 1.807) is 10.6 Å². The van der Waals surface area contributed by atoms with Crippen molar-refractivity contribution < 1.29 is 19.4 Å². The van der Waals surface area contributed by atoms with E-state index in [0.717, 1.165) is 17.7 Å². The quantitative estimate of drug-likeness (QED) is 0.197. The molecule has 2 saturated heterocycles. The first kappa shape index (κ1) is 31.1. The Morgan fingerprint density at radius 2 is 2.09 bits per heavy atom. The average molecular weight is 630 g/mol. The summed E-state index contributed by atoms with van der Waals surface area (Å²) < 4.78 is 13.3. The largest absolute Gasteiger partial charge is 0.444 e. The van der Waals surface area contributed by atoms with Crippen molar-refractivity contribution in [3.63, 3.8) is 0 Å². The summed E-state index contributed by atoms with van der Waals surface area (Å²) in [5.74, 6) is 0.653. The number of imidazole rings is 1. The van der Waals surface area contributed by atoms with Crippen LogP contribution in [0.3, 0.4) is 0 Å². The number of carbonyl (C=O) groups excluding carboxylic acids is 1. The van der Waals surface area contributed by atoms with Crippen LogP contribution in [-0.2, 0) is 22.6 Å². The number of anilines is 1. The Morgan fingerprint density at radius 3 is 2.77 bits per heavy atom. The third-order valence-electron chi connectivity index (χ3n) is 7.81. The number of alkyl carbamates (subject to hydrolysis) is 1. The van der Waals surface area contributed by atoms with Crippen molar-refractivity contribution >= 4 is 40.9 Å². The summed E-state index contributed by atoms with van der Waals surface area (Å²) in [6, 6.07) is 1.70. The Bertz CT molecular complexity index is 1560. The number of hydrogen-bond acceptors (Lipinski definition) is 10. The fourth-order valence-electron chi connectivity index (χ4n) is 5.70. The van der Waals surface area contributed by atoms with Crippen LogP contribution in [-0.4, -0.2) is 68.0 Å². The van der Waals surface area contributed by atoms with Crippen molar-refractivity contribution in [2.75, 3.05) is 24.6 Å². The zero-order valence-electron chi connectivity index (χ0n) is 24.9. The van der Waals surface area contributed by atoms with Crippen molar-refractivity contribution in [2.45, 2.75) is 88.3 Å². The number of pyridine rings is 1. The number of aromatic nitrogens is 4. The Kier molecular flexibility index (Phi) is 8.96. The highest BCUT2D eigenvalue weighted by Gasteiger charge is 2.50. The van der Waals surface area contributed by atoms with Gasteiger partial charge in [-0.15, -0.1) is 0 Å². The Hall–Kier alpha value is -3.29. The Balaban J connectivity index is 1.32. The molecular formula is C28H36ClN9O4S. The number of aryl methyl sites for hydroxylation is 1. The Morgan fingerprint density at radius 1 is 1.35 bits per heavy atom. The standard InChI is InChI=1S/C28H36ClN9O4S/c1-16-25(43-20-6-9-38-13-18(12-31-36-30)33-24(38)21(20)29)34-19(14-39)23(32-16)37-10-7-28(8-11-37)15-41-17(2)22(28)35-26(40)42-27(3,4)5/h6,9,13,17,22,39H,7-8,10-12,14-15H2,1-5H3,(H,35,40)/t17-,22+/m0/s1. The molecule has 1 spiro atoms. The number of aliphatic hydroxyl groups excluding tert-OH is 1. The number of nitrogens with zero attached hydrogens (tertiary/aromatic N) is 8. The van der Waals surface area contributed by atoms with Gasteiger partial charge in [0.1, 0.15) is 16.3 Å². The molecule has 5 rings (SSSR count). The van der Waals surface area contributed by atoms with Gasteiger partial charge in [0.25, 0.3) is 0 Å². The molecule has 2 N–H and O–H groups in total. The van der Waals surface area contributed by atoms with E-state index in [0.29, 0.717) is 58.3 Å². The summed E-state index contributed by atoms with van der Waals surface area (Å²) in [5.41, 5.74) is 10.2. The third-order valence-corrected chi connectivity index (χ3v) is 9.43. The molecule has 1 amide bonds. The van der Waals surface area contributed by atoms with Gasteiger partial charge in [0.2, 0.25) is 0 Å². The van der Waals surface area contributed by atoms with Crippen LogP contribution in [0.5, 0.6) is 0 Å². The van der Waals surface area contributed by atoms with Gasteiger partial charge in [-0.25, -0.2) is 19.7 Å². The van der Waals surface area contributed by atoms with Gasteiger partial charge in [-0.1, -0.05) is 28.5 Å². The molecule has 5 heterocycles. The van der Waals surface area contributed by atoms with Crippen molar-refractivity contribution in [3.8, 4) is 0 Å². The molecular weight excluding hydrogens is 594 g/mol. The predicted molar refractivity (Wildman–Crippen MR) is 162 cm³/mol. The molecule has 0 aliphatic carbocycles. The zero-order valence-corrected chi connectivity index (χ0v) is 26.4. The first-order chi connectivity index (χ1) is 20.4. The van der Waals surface area contributed by atoms with Gasteiger partial charge in [-0.3, -0.25) is 0 Å². The van der Waals surface area contributed by atoms with Gasteiger partial charge >= 0.3 is 6.09 Å². The van der Waals surface area contributed by atoms with E-state index < -0.39 is 11.7 Å². The molecule has 2 aliphatic heterocycles. The zero-order chi connectivity index (χ0) is 30.9. The van der Waals surface area contributed by atoms with E-state index in [4.69, 9.17) is 36.6 Å². The number of hydrogen-bond donors (Lipinski definition) is 2. The second kappa shape index (κ2) is 12.4. The van der Waals surface area contributed by atoms with E-state index >= 15 is 0 Å². The molecule has 3 aromatic heterocycles. The van der Waals surface area contributed by atoms with E-state index in [1.807, 2.05) is 46.9 Å².